The summed E-state index contributed by atoms with van der Waals surface area (Å²) in [5, 5.41) is 9.87. The Hall–Kier alpha value is -1.82. The Morgan fingerprint density at radius 1 is 0.800 bits per heavy atom. The van der Waals surface area contributed by atoms with E-state index in [1.807, 2.05) is 0 Å². The predicted octanol–water partition coefficient (Wildman–Crippen LogP) is 1.42. The number of carbonyl (C=O) groups excluding carboxylic acids is 4. The van der Waals surface area contributed by atoms with Crippen molar-refractivity contribution < 1.29 is 47.6 Å². The average molecular weight is 492 g/mol. The van der Waals surface area contributed by atoms with E-state index in [2.05, 4.69) is 0 Å². The summed E-state index contributed by atoms with van der Waals surface area (Å²) < 4.78 is 28.5. The summed E-state index contributed by atoms with van der Waals surface area (Å²) in [6.07, 6.45) is -7.43. The molecule has 14 heteroatoms. The highest BCUT2D eigenvalue weighted by molar-refractivity contribution is 6.76. The summed E-state index contributed by atoms with van der Waals surface area (Å²) in [4.78, 5) is 46.0. The maximum absolute atomic E-state index is 11.6. The fraction of sp³-hybridized carbons (Fsp3) is 0.688. The van der Waals surface area contributed by atoms with E-state index in [0.717, 1.165) is 27.7 Å². The molecule has 0 amide bonds. The van der Waals surface area contributed by atoms with E-state index in [-0.39, 0.29) is 0 Å². The predicted molar refractivity (Wildman–Crippen MR) is 102 cm³/mol. The number of nitrogens with zero attached hydrogens (tertiary/aromatic N) is 1. The van der Waals surface area contributed by atoms with Gasteiger partial charge >= 0.3 is 23.9 Å². The number of hydrogen-bond donors (Lipinski definition) is 0. The zero-order chi connectivity index (χ0) is 23.2. The first-order chi connectivity index (χ1) is 13.7. The molecule has 0 saturated carbocycles. The van der Waals surface area contributed by atoms with Gasteiger partial charge in [-0.25, -0.2) is 0 Å². The van der Waals surface area contributed by atoms with Crippen LogP contribution < -0.4 is 0 Å². The first-order valence-corrected chi connectivity index (χ1v) is 9.46. The highest BCUT2D eigenvalue weighted by Crippen LogP contribution is 2.33. The molecule has 30 heavy (non-hydrogen) atoms. The quantitative estimate of drug-likeness (QED) is 0.176. The fourth-order valence-electron chi connectivity index (χ4n) is 2.46. The molecule has 170 valence electrons. The number of alkyl halides is 3. The summed E-state index contributed by atoms with van der Waals surface area (Å²) in [6.45, 7) is 3.79. The second kappa shape index (κ2) is 11.0. The topological polar surface area (TPSA) is 146 Å². The SMILES string of the molecule is CC(=O)OC[C@H]1O[C@H](OC(=[N-])C(Cl)(Cl)Cl)[C@H](OC(C)=O)[C@@H](OC(C)=O)[C@@H]1OC(C)=O. The first-order valence-electron chi connectivity index (χ1n) is 8.32. The number of carbonyl (C=O) groups is 4. The van der Waals surface area contributed by atoms with Crippen molar-refractivity contribution in [2.75, 3.05) is 6.61 Å². The van der Waals surface area contributed by atoms with Gasteiger partial charge in [-0.3, -0.25) is 19.2 Å². The second-order valence-electron chi connectivity index (χ2n) is 5.99. The van der Waals surface area contributed by atoms with Crippen LogP contribution in [0.1, 0.15) is 27.7 Å². The van der Waals surface area contributed by atoms with Crippen molar-refractivity contribution in [3.8, 4) is 0 Å². The van der Waals surface area contributed by atoms with Crippen molar-refractivity contribution in [1.82, 2.24) is 0 Å². The molecular weight excluding hydrogens is 473 g/mol. The van der Waals surface area contributed by atoms with Gasteiger partial charge in [-0.1, -0.05) is 34.8 Å². The molecule has 0 unspecified atom stereocenters. The number of hydrogen-bond acceptors (Lipinski definition) is 10. The van der Waals surface area contributed by atoms with Gasteiger partial charge in [-0.15, -0.1) is 0 Å². The van der Waals surface area contributed by atoms with Crippen LogP contribution >= 0.6 is 34.8 Å². The van der Waals surface area contributed by atoms with Crippen LogP contribution in [0.25, 0.3) is 5.41 Å². The van der Waals surface area contributed by atoms with E-state index in [1.54, 1.807) is 0 Å². The number of esters is 4. The third-order valence-electron chi connectivity index (χ3n) is 3.42. The highest BCUT2D eigenvalue weighted by Gasteiger charge is 2.53. The van der Waals surface area contributed by atoms with Crippen LogP contribution in [0.2, 0.25) is 0 Å². The molecule has 0 aliphatic carbocycles. The lowest BCUT2D eigenvalue weighted by atomic mass is 9.98. The van der Waals surface area contributed by atoms with Gasteiger partial charge in [-0.05, 0) is 0 Å². The molecule has 0 radical (unpaired) electrons. The number of ether oxygens (including phenoxy) is 6. The summed E-state index contributed by atoms with van der Waals surface area (Å²) in [5.74, 6) is -4.34. The zero-order valence-electron chi connectivity index (χ0n) is 16.3. The summed E-state index contributed by atoms with van der Waals surface area (Å²) in [5.41, 5.74) is 0. The Balaban J connectivity index is 3.37. The molecule has 0 aromatic heterocycles. The summed E-state index contributed by atoms with van der Waals surface area (Å²) in [7, 11) is 0. The van der Waals surface area contributed by atoms with Gasteiger partial charge in [-0.2, -0.15) is 0 Å². The first kappa shape index (κ1) is 26.2. The van der Waals surface area contributed by atoms with E-state index < -0.39 is 70.9 Å². The lowest BCUT2D eigenvalue weighted by molar-refractivity contribution is -0.291. The Kier molecular flexibility index (Phi) is 9.60. The molecule has 1 heterocycles. The highest BCUT2D eigenvalue weighted by atomic mass is 35.6. The second-order valence-corrected chi connectivity index (χ2v) is 8.27. The summed E-state index contributed by atoms with van der Waals surface area (Å²) in [6, 6.07) is 0. The Bertz CT molecular complexity index is 695. The molecule has 1 aliphatic heterocycles. The maximum atomic E-state index is 11.6. The largest absolute Gasteiger partial charge is 0.771 e. The molecule has 1 rings (SSSR count). The Morgan fingerprint density at radius 3 is 1.70 bits per heavy atom. The van der Waals surface area contributed by atoms with Crippen molar-refractivity contribution in [2.45, 2.75) is 62.2 Å². The lowest BCUT2D eigenvalue weighted by Crippen LogP contribution is -2.63. The van der Waals surface area contributed by atoms with Gasteiger partial charge in [0.25, 0.3) is 0 Å². The minimum Gasteiger partial charge on any atom is -0.771 e. The van der Waals surface area contributed by atoms with Crippen molar-refractivity contribution in [2.24, 2.45) is 0 Å². The van der Waals surface area contributed by atoms with Gasteiger partial charge in [0.1, 0.15) is 12.7 Å². The molecule has 0 aromatic carbocycles. The van der Waals surface area contributed by atoms with Crippen LogP contribution in [0.3, 0.4) is 0 Å². The van der Waals surface area contributed by atoms with Crippen molar-refractivity contribution in [3.63, 3.8) is 0 Å². The molecule has 0 spiro atoms. The smallest absolute Gasteiger partial charge is 0.303 e. The van der Waals surface area contributed by atoms with Crippen LogP contribution in [-0.2, 0) is 47.6 Å². The molecular formula is C16H19Cl3NO10-. The van der Waals surface area contributed by atoms with Crippen molar-refractivity contribution >= 4 is 64.6 Å². The third-order valence-corrected chi connectivity index (χ3v) is 3.90. The zero-order valence-corrected chi connectivity index (χ0v) is 18.5. The van der Waals surface area contributed by atoms with Crippen molar-refractivity contribution in [1.29, 1.82) is 0 Å². The molecule has 1 saturated heterocycles. The van der Waals surface area contributed by atoms with Crippen molar-refractivity contribution in [3.05, 3.63) is 5.41 Å². The van der Waals surface area contributed by atoms with Crippen LogP contribution in [0, 0.1) is 0 Å². The molecule has 5 atom stereocenters. The van der Waals surface area contributed by atoms with Crippen LogP contribution in [0.15, 0.2) is 0 Å². The van der Waals surface area contributed by atoms with Gasteiger partial charge in [0, 0.05) is 33.6 Å². The molecule has 0 aromatic rings. The standard InChI is InChI=1S/C16H19Cl3NO10/c1-6(21)25-5-10-11(26-7(2)22)12(27-8(3)23)13(28-9(4)24)14(29-10)30-15(20)16(17,18)19/h10-14H,5H2,1-4H3/q-1/t10-,11-,12+,13-,14-/m1/s1. The van der Waals surface area contributed by atoms with E-state index in [9.17, 15) is 24.6 Å². The van der Waals surface area contributed by atoms with Crippen LogP contribution in [0.4, 0.5) is 0 Å². The van der Waals surface area contributed by atoms with Gasteiger partial charge in [0.05, 0.1) is 0 Å². The fourth-order valence-corrected chi connectivity index (χ4v) is 2.59. The normalized spacial score (nSPS) is 26.2. The molecule has 0 N–H and O–H groups in total. The van der Waals surface area contributed by atoms with Gasteiger partial charge in [0.15, 0.2) is 12.2 Å². The van der Waals surface area contributed by atoms with Gasteiger partial charge < -0.3 is 33.8 Å². The third kappa shape index (κ3) is 8.13. The Morgan fingerprint density at radius 2 is 1.27 bits per heavy atom. The molecule has 1 aliphatic rings. The minimum atomic E-state index is -2.40. The molecule has 1 fully saturated rings. The van der Waals surface area contributed by atoms with Gasteiger partial charge in [0.2, 0.25) is 16.2 Å². The van der Waals surface area contributed by atoms with E-state index in [4.69, 9.17) is 63.2 Å². The minimum absolute atomic E-state index is 0.480. The lowest BCUT2D eigenvalue weighted by Gasteiger charge is -2.45. The number of halogens is 3. The molecule has 0 bridgehead atoms. The van der Waals surface area contributed by atoms with E-state index >= 15 is 0 Å². The van der Waals surface area contributed by atoms with E-state index in [0.29, 0.717) is 0 Å². The Labute approximate surface area is 186 Å². The average Bonchev–Trinajstić information content (AvgIpc) is 2.56. The number of rotatable bonds is 6. The monoisotopic (exact) mass is 490 g/mol. The molecule has 11 nitrogen and oxygen atoms in total. The van der Waals surface area contributed by atoms with Crippen LogP contribution in [-0.4, -0.2) is 70.9 Å². The van der Waals surface area contributed by atoms with E-state index in [1.165, 1.54) is 0 Å². The van der Waals surface area contributed by atoms with Crippen LogP contribution in [0.5, 0.6) is 0 Å². The maximum Gasteiger partial charge on any atom is 0.303 e. The summed E-state index contributed by atoms with van der Waals surface area (Å²) >= 11 is 16.6.